The molecule has 0 aliphatic rings. The van der Waals surface area contributed by atoms with E-state index in [9.17, 15) is 35.9 Å². The Labute approximate surface area is 126 Å². The van der Waals surface area contributed by atoms with Gasteiger partial charge in [-0.3, -0.25) is 4.79 Å². The van der Waals surface area contributed by atoms with Gasteiger partial charge in [-0.25, -0.2) is 4.79 Å². The standard InChI is InChI=1S/C13H11F6NO3/c1-6(10(11(22)23)20-5-21)7-2-8(12(14,15)16)4-9(3-7)13(17,18)19/h2-6,10H,1H3,(H,20,21)(H,22,23)/t6-,10?/m1/s1. The lowest BCUT2D eigenvalue weighted by Crippen LogP contribution is -2.40. The summed E-state index contributed by atoms with van der Waals surface area (Å²) in [6, 6.07) is -0.860. The van der Waals surface area contributed by atoms with E-state index in [2.05, 4.69) is 0 Å². The predicted molar refractivity (Wildman–Crippen MR) is 65.5 cm³/mol. The zero-order chi connectivity index (χ0) is 18.0. The molecule has 1 aromatic carbocycles. The van der Waals surface area contributed by atoms with Crippen LogP contribution in [0.4, 0.5) is 26.3 Å². The number of alkyl halides is 6. The van der Waals surface area contributed by atoms with Crippen LogP contribution in [0.1, 0.15) is 29.5 Å². The number of hydrogen-bond acceptors (Lipinski definition) is 2. The molecule has 10 heteroatoms. The van der Waals surface area contributed by atoms with E-state index in [4.69, 9.17) is 5.11 Å². The van der Waals surface area contributed by atoms with Crippen molar-refractivity contribution in [2.75, 3.05) is 0 Å². The fraction of sp³-hybridized carbons (Fsp3) is 0.385. The Hall–Kier alpha value is -2.26. The molecule has 23 heavy (non-hydrogen) atoms. The molecule has 0 aromatic heterocycles. The van der Waals surface area contributed by atoms with Crippen LogP contribution in [-0.4, -0.2) is 23.5 Å². The Bertz CT molecular complexity index is 564. The van der Waals surface area contributed by atoms with Gasteiger partial charge in [0, 0.05) is 5.92 Å². The molecule has 2 atom stereocenters. The van der Waals surface area contributed by atoms with E-state index in [0.29, 0.717) is 12.1 Å². The number of carboxylic acids is 1. The first-order valence-electron chi connectivity index (χ1n) is 6.09. The third-order valence-corrected chi connectivity index (χ3v) is 3.15. The Balaban J connectivity index is 3.45. The third-order valence-electron chi connectivity index (χ3n) is 3.15. The highest BCUT2D eigenvalue weighted by Crippen LogP contribution is 2.38. The molecule has 1 amide bonds. The average molecular weight is 343 g/mol. The van der Waals surface area contributed by atoms with E-state index in [0.717, 1.165) is 6.92 Å². The number of carbonyl (C=O) groups is 2. The Kier molecular flexibility index (Phi) is 5.28. The Morgan fingerprint density at radius 1 is 1.09 bits per heavy atom. The number of aliphatic carboxylic acids is 1. The first kappa shape index (κ1) is 18.8. The van der Waals surface area contributed by atoms with Crippen LogP contribution in [0.2, 0.25) is 0 Å². The highest BCUT2D eigenvalue weighted by atomic mass is 19.4. The molecule has 4 nitrogen and oxygen atoms in total. The highest BCUT2D eigenvalue weighted by Gasteiger charge is 2.38. The van der Waals surface area contributed by atoms with Gasteiger partial charge in [-0.05, 0) is 23.8 Å². The quantitative estimate of drug-likeness (QED) is 0.638. The molecule has 0 spiro atoms. The minimum absolute atomic E-state index is 0.00751. The minimum atomic E-state index is -5.04. The van der Waals surface area contributed by atoms with Crippen molar-refractivity contribution in [1.29, 1.82) is 0 Å². The van der Waals surface area contributed by atoms with E-state index in [-0.39, 0.29) is 12.5 Å². The Morgan fingerprint density at radius 3 is 1.83 bits per heavy atom. The van der Waals surface area contributed by atoms with Crippen molar-refractivity contribution in [2.24, 2.45) is 0 Å². The van der Waals surface area contributed by atoms with E-state index in [1.54, 1.807) is 0 Å². The van der Waals surface area contributed by atoms with Crippen molar-refractivity contribution >= 4 is 12.4 Å². The summed E-state index contributed by atoms with van der Waals surface area (Å²) in [6.07, 6.45) is -10.1. The van der Waals surface area contributed by atoms with E-state index in [1.165, 1.54) is 0 Å². The molecule has 1 aromatic rings. The Morgan fingerprint density at radius 2 is 1.52 bits per heavy atom. The van der Waals surface area contributed by atoms with Gasteiger partial charge in [0.05, 0.1) is 11.1 Å². The van der Waals surface area contributed by atoms with E-state index < -0.39 is 47.0 Å². The molecule has 0 aliphatic carbocycles. The van der Waals surface area contributed by atoms with Gasteiger partial charge in [-0.1, -0.05) is 6.92 Å². The normalized spacial score (nSPS) is 14.9. The highest BCUT2D eigenvalue weighted by molar-refractivity contribution is 5.77. The van der Waals surface area contributed by atoms with Gasteiger partial charge in [0.2, 0.25) is 6.41 Å². The van der Waals surface area contributed by atoms with Crippen molar-refractivity contribution in [3.63, 3.8) is 0 Å². The maximum absolute atomic E-state index is 12.8. The van der Waals surface area contributed by atoms with E-state index in [1.807, 2.05) is 5.32 Å². The maximum Gasteiger partial charge on any atom is 0.416 e. The van der Waals surface area contributed by atoms with Crippen LogP contribution in [0.3, 0.4) is 0 Å². The molecule has 0 saturated carbocycles. The summed E-state index contributed by atoms with van der Waals surface area (Å²) in [4.78, 5) is 21.4. The number of carbonyl (C=O) groups excluding carboxylic acids is 1. The van der Waals surface area contributed by atoms with Gasteiger partial charge in [0.15, 0.2) is 0 Å². The summed E-state index contributed by atoms with van der Waals surface area (Å²) in [5.41, 5.74) is -3.61. The zero-order valence-corrected chi connectivity index (χ0v) is 11.5. The topological polar surface area (TPSA) is 66.4 Å². The second-order valence-corrected chi connectivity index (χ2v) is 4.73. The van der Waals surface area contributed by atoms with Crippen LogP contribution >= 0.6 is 0 Å². The number of halogens is 6. The van der Waals surface area contributed by atoms with Crippen molar-refractivity contribution < 1.29 is 41.0 Å². The summed E-state index contributed by atoms with van der Waals surface area (Å²) in [5.74, 6) is -2.91. The van der Waals surface area contributed by atoms with Crippen LogP contribution in [0.15, 0.2) is 18.2 Å². The summed E-state index contributed by atoms with van der Waals surface area (Å²) in [5, 5.41) is 10.8. The second kappa shape index (κ2) is 6.47. The van der Waals surface area contributed by atoms with Gasteiger partial charge < -0.3 is 10.4 Å². The lowest BCUT2D eigenvalue weighted by atomic mass is 9.90. The molecule has 0 bridgehead atoms. The molecule has 2 N–H and O–H groups in total. The predicted octanol–water partition coefficient (Wildman–Crippen LogP) is 3.03. The summed E-state index contributed by atoms with van der Waals surface area (Å²) < 4.78 is 76.5. The minimum Gasteiger partial charge on any atom is -0.480 e. The SMILES string of the molecule is C[C@H](c1cc(C(F)(F)F)cc(C(F)(F)F)c1)C(NC=O)C(=O)O. The molecule has 1 unspecified atom stereocenters. The smallest absolute Gasteiger partial charge is 0.416 e. The van der Waals surface area contributed by atoms with Gasteiger partial charge >= 0.3 is 18.3 Å². The molecular weight excluding hydrogens is 332 g/mol. The fourth-order valence-electron chi connectivity index (χ4n) is 1.94. The van der Waals surface area contributed by atoms with Gasteiger partial charge in [0.25, 0.3) is 0 Å². The van der Waals surface area contributed by atoms with Crippen LogP contribution in [0.5, 0.6) is 0 Å². The first-order chi connectivity index (χ1) is 10.4. The molecule has 1 rings (SSSR count). The lowest BCUT2D eigenvalue weighted by Gasteiger charge is -2.22. The van der Waals surface area contributed by atoms with Crippen molar-refractivity contribution in [2.45, 2.75) is 31.2 Å². The van der Waals surface area contributed by atoms with Crippen LogP contribution in [0, 0.1) is 0 Å². The molecule has 0 radical (unpaired) electrons. The number of amides is 1. The molecular formula is C13H11F6NO3. The molecule has 0 heterocycles. The van der Waals surface area contributed by atoms with Crippen molar-refractivity contribution in [3.05, 3.63) is 34.9 Å². The maximum atomic E-state index is 12.8. The van der Waals surface area contributed by atoms with Crippen molar-refractivity contribution in [3.8, 4) is 0 Å². The number of hydrogen-bond donors (Lipinski definition) is 2. The largest absolute Gasteiger partial charge is 0.480 e. The third kappa shape index (κ3) is 4.60. The van der Waals surface area contributed by atoms with Crippen LogP contribution in [0.25, 0.3) is 0 Å². The van der Waals surface area contributed by atoms with Gasteiger partial charge in [-0.15, -0.1) is 0 Å². The second-order valence-electron chi connectivity index (χ2n) is 4.73. The van der Waals surface area contributed by atoms with Gasteiger partial charge in [0.1, 0.15) is 6.04 Å². The molecule has 0 aliphatic heterocycles. The number of nitrogens with one attached hydrogen (secondary N) is 1. The zero-order valence-electron chi connectivity index (χ0n) is 11.5. The first-order valence-corrected chi connectivity index (χ1v) is 6.09. The number of carboxylic acid groups (broad SMARTS) is 1. The van der Waals surface area contributed by atoms with E-state index >= 15 is 0 Å². The van der Waals surface area contributed by atoms with Gasteiger partial charge in [-0.2, -0.15) is 26.3 Å². The molecule has 0 saturated heterocycles. The summed E-state index contributed by atoms with van der Waals surface area (Å²) in [6.45, 7) is 1.10. The summed E-state index contributed by atoms with van der Waals surface area (Å²) in [7, 11) is 0. The molecule has 0 fully saturated rings. The molecule has 128 valence electrons. The van der Waals surface area contributed by atoms with Crippen molar-refractivity contribution in [1.82, 2.24) is 5.32 Å². The van der Waals surface area contributed by atoms with Crippen LogP contribution < -0.4 is 5.32 Å². The monoisotopic (exact) mass is 343 g/mol. The number of rotatable bonds is 5. The number of benzene rings is 1. The summed E-state index contributed by atoms with van der Waals surface area (Å²) >= 11 is 0. The average Bonchev–Trinajstić information content (AvgIpc) is 2.41. The van der Waals surface area contributed by atoms with Crippen LogP contribution in [-0.2, 0) is 21.9 Å². The fourth-order valence-corrected chi connectivity index (χ4v) is 1.94. The lowest BCUT2D eigenvalue weighted by molar-refractivity contribution is -0.143.